The molecule has 1 saturated carbocycles. The van der Waals surface area contributed by atoms with Crippen molar-refractivity contribution < 1.29 is 22.7 Å². The van der Waals surface area contributed by atoms with Crippen LogP contribution in [0.25, 0.3) is 0 Å². The predicted molar refractivity (Wildman–Crippen MR) is 62.4 cm³/mol. The van der Waals surface area contributed by atoms with Crippen LogP contribution in [0, 0.1) is 5.82 Å². The highest BCUT2D eigenvalue weighted by molar-refractivity contribution is 5.98. The van der Waals surface area contributed by atoms with Gasteiger partial charge in [0.1, 0.15) is 0 Å². The molecule has 1 aromatic carbocycles. The summed E-state index contributed by atoms with van der Waals surface area (Å²) in [6.07, 6.45) is 2.03. The Morgan fingerprint density at radius 1 is 1.42 bits per heavy atom. The first-order chi connectivity index (χ1) is 8.90. The van der Waals surface area contributed by atoms with E-state index in [-0.39, 0.29) is 5.69 Å². The van der Waals surface area contributed by atoms with Gasteiger partial charge in [-0.1, -0.05) is 0 Å². The molecule has 0 spiro atoms. The molecule has 4 nitrogen and oxygen atoms in total. The van der Waals surface area contributed by atoms with Crippen molar-refractivity contribution in [1.29, 1.82) is 0 Å². The van der Waals surface area contributed by atoms with E-state index in [1.807, 2.05) is 0 Å². The molecule has 1 fully saturated rings. The van der Waals surface area contributed by atoms with Gasteiger partial charge in [-0.2, -0.15) is 8.78 Å². The van der Waals surface area contributed by atoms with Gasteiger partial charge in [-0.25, -0.2) is 4.39 Å². The highest BCUT2D eigenvalue weighted by Crippen LogP contribution is 2.31. The third kappa shape index (κ3) is 2.98. The second-order valence-electron chi connectivity index (χ2n) is 4.49. The molecule has 0 aliphatic heterocycles. The molecule has 0 saturated heterocycles. The predicted octanol–water partition coefficient (Wildman–Crippen LogP) is 2.25. The Balaban J connectivity index is 2.05. The van der Waals surface area contributed by atoms with E-state index in [9.17, 15) is 18.0 Å². The summed E-state index contributed by atoms with van der Waals surface area (Å²) >= 11 is 0. The van der Waals surface area contributed by atoms with Gasteiger partial charge in [0, 0.05) is 11.8 Å². The first-order valence-corrected chi connectivity index (χ1v) is 5.75. The van der Waals surface area contributed by atoms with Crippen molar-refractivity contribution in [2.24, 2.45) is 5.73 Å². The second-order valence-corrected chi connectivity index (χ2v) is 4.49. The quantitative estimate of drug-likeness (QED) is 0.885. The molecule has 0 bridgehead atoms. The number of hydrogen-bond donors (Lipinski definition) is 2. The fourth-order valence-corrected chi connectivity index (χ4v) is 1.81. The number of amides is 1. The van der Waals surface area contributed by atoms with E-state index in [4.69, 9.17) is 5.73 Å². The van der Waals surface area contributed by atoms with Gasteiger partial charge < -0.3 is 15.8 Å². The maximum Gasteiger partial charge on any atom is 0.387 e. The fraction of sp³-hybridized carbons (Fsp3) is 0.417. The van der Waals surface area contributed by atoms with E-state index in [0.717, 1.165) is 18.6 Å². The number of alkyl halides is 2. The number of anilines is 1. The SMILES string of the molecule is NC1(C(=O)Nc2ccc(OC(F)F)c(F)c2)CCC1. The molecule has 0 aromatic heterocycles. The molecule has 3 N–H and O–H groups in total. The molecular weight excluding hydrogens is 261 g/mol. The molecule has 7 heteroatoms. The molecule has 1 aliphatic rings. The number of carbonyl (C=O) groups is 1. The third-order valence-corrected chi connectivity index (χ3v) is 3.10. The third-order valence-electron chi connectivity index (χ3n) is 3.10. The van der Waals surface area contributed by atoms with Crippen LogP contribution < -0.4 is 15.8 Å². The Kier molecular flexibility index (Phi) is 3.66. The smallest absolute Gasteiger partial charge is 0.387 e. The minimum atomic E-state index is -3.10. The summed E-state index contributed by atoms with van der Waals surface area (Å²) in [5.74, 6) is -1.95. The van der Waals surface area contributed by atoms with E-state index < -0.39 is 29.6 Å². The Hall–Kier alpha value is -1.76. The first kappa shape index (κ1) is 13.7. The Bertz CT molecular complexity index is 490. The molecule has 1 aliphatic carbocycles. The average molecular weight is 274 g/mol. The molecule has 2 rings (SSSR count). The zero-order chi connectivity index (χ0) is 14.0. The number of benzene rings is 1. The largest absolute Gasteiger partial charge is 0.432 e. The number of nitrogens with one attached hydrogen (secondary N) is 1. The van der Waals surface area contributed by atoms with Gasteiger partial charge in [-0.3, -0.25) is 4.79 Å². The van der Waals surface area contributed by atoms with Gasteiger partial charge in [-0.05, 0) is 31.4 Å². The van der Waals surface area contributed by atoms with Crippen molar-refractivity contribution in [2.75, 3.05) is 5.32 Å². The minimum Gasteiger partial charge on any atom is -0.432 e. The van der Waals surface area contributed by atoms with Crippen molar-refractivity contribution in [3.63, 3.8) is 0 Å². The van der Waals surface area contributed by atoms with E-state index in [0.29, 0.717) is 12.8 Å². The molecule has 0 heterocycles. The summed E-state index contributed by atoms with van der Waals surface area (Å²) in [6.45, 7) is -3.10. The highest BCUT2D eigenvalue weighted by atomic mass is 19.3. The second kappa shape index (κ2) is 5.08. The van der Waals surface area contributed by atoms with Crippen LogP contribution in [0.15, 0.2) is 18.2 Å². The fourth-order valence-electron chi connectivity index (χ4n) is 1.81. The standard InChI is InChI=1S/C12H13F3N2O2/c13-8-6-7(2-3-9(8)19-11(14)15)17-10(18)12(16)4-1-5-12/h2-3,6,11H,1,4-5,16H2,(H,17,18). The normalized spacial score (nSPS) is 16.9. The molecule has 0 radical (unpaired) electrons. The lowest BCUT2D eigenvalue weighted by Crippen LogP contribution is -2.56. The Morgan fingerprint density at radius 2 is 2.11 bits per heavy atom. The maximum absolute atomic E-state index is 13.4. The van der Waals surface area contributed by atoms with Crippen molar-refractivity contribution in [2.45, 2.75) is 31.4 Å². The summed E-state index contributed by atoms with van der Waals surface area (Å²) in [6, 6.07) is 3.22. The summed E-state index contributed by atoms with van der Waals surface area (Å²) in [7, 11) is 0. The van der Waals surface area contributed by atoms with Gasteiger partial charge in [0.05, 0.1) is 5.54 Å². The zero-order valence-corrected chi connectivity index (χ0v) is 9.96. The lowest BCUT2D eigenvalue weighted by Gasteiger charge is -2.36. The maximum atomic E-state index is 13.4. The monoisotopic (exact) mass is 274 g/mol. The Morgan fingerprint density at radius 3 is 2.58 bits per heavy atom. The van der Waals surface area contributed by atoms with Gasteiger partial charge in [0.15, 0.2) is 11.6 Å². The highest BCUT2D eigenvalue weighted by Gasteiger charge is 2.40. The van der Waals surface area contributed by atoms with E-state index >= 15 is 0 Å². The molecule has 0 atom stereocenters. The topological polar surface area (TPSA) is 64.4 Å². The first-order valence-electron chi connectivity index (χ1n) is 5.75. The van der Waals surface area contributed by atoms with Crippen molar-refractivity contribution in [3.8, 4) is 5.75 Å². The number of rotatable bonds is 4. The number of nitrogens with two attached hydrogens (primary N) is 1. The summed E-state index contributed by atoms with van der Waals surface area (Å²) in [5, 5.41) is 2.46. The van der Waals surface area contributed by atoms with E-state index in [2.05, 4.69) is 10.1 Å². The average Bonchev–Trinajstić information content (AvgIpc) is 2.29. The molecule has 104 valence electrons. The minimum absolute atomic E-state index is 0.154. The molecule has 19 heavy (non-hydrogen) atoms. The van der Waals surface area contributed by atoms with E-state index in [1.54, 1.807) is 0 Å². The lowest BCUT2D eigenvalue weighted by atomic mass is 9.77. The summed E-state index contributed by atoms with van der Waals surface area (Å²) in [5.41, 5.74) is 5.04. The van der Waals surface area contributed by atoms with Crippen LogP contribution in [-0.4, -0.2) is 18.1 Å². The van der Waals surface area contributed by atoms with Crippen LogP contribution in [0.3, 0.4) is 0 Å². The molecule has 0 unspecified atom stereocenters. The number of ether oxygens (including phenoxy) is 1. The zero-order valence-electron chi connectivity index (χ0n) is 9.96. The van der Waals surface area contributed by atoms with E-state index in [1.165, 1.54) is 6.07 Å². The molecular formula is C12H13F3N2O2. The van der Waals surface area contributed by atoms with Crippen LogP contribution in [0.1, 0.15) is 19.3 Å². The number of carbonyl (C=O) groups excluding carboxylic acids is 1. The lowest BCUT2D eigenvalue weighted by molar-refractivity contribution is -0.123. The number of hydrogen-bond acceptors (Lipinski definition) is 3. The summed E-state index contributed by atoms with van der Waals surface area (Å²) < 4.78 is 41.3. The van der Waals surface area contributed by atoms with Crippen LogP contribution in [0.2, 0.25) is 0 Å². The van der Waals surface area contributed by atoms with Crippen LogP contribution in [-0.2, 0) is 4.79 Å². The van der Waals surface area contributed by atoms with Crippen LogP contribution >= 0.6 is 0 Å². The number of halogens is 3. The molecule has 1 aromatic rings. The molecule has 1 amide bonds. The van der Waals surface area contributed by atoms with Crippen LogP contribution in [0.5, 0.6) is 5.75 Å². The summed E-state index contributed by atoms with van der Waals surface area (Å²) in [4.78, 5) is 11.8. The van der Waals surface area contributed by atoms with Gasteiger partial charge in [0.2, 0.25) is 5.91 Å². The van der Waals surface area contributed by atoms with Gasteiger partial charge in [0.25, 0.3) is 0 Å². The van der Waals surface area contributed by atoms with Crippen LogP contribution in [0.4, 0.5) is 18.9 Å². The van der Waals surface area contributed by atoms with Crippen molar-refractivity contribution in [1.82, 2.24) is 0 Å². The van der Waals surface area contributed by atoms with Gasteiger partial charge >= 0.3 is 6.61 Å². The van der Waals surface area contributed by atoms with Gasteiger partial charge in [-0.15, -0.1) is 0 Å². The van der Waals surface area contributed by atoms with Crippen molar-refractivity contribution in [3.05, 3.63) is 24.0 Å². The van der Waals surface area contributed by atoms with Crippen molar-refractivity contribution >= 4 is 11.6 Å². The Labute approximate surface area is 107 Å².